The third-order valence-corrected chi connectivity index (χ3v) is 0.537. The Bertz CT molecular complexity index is 38.6. The van der Waals surface area contributed by atoms with Crippen molar-refractivity contribution < 1.29 is 10.2 Å². The first kappa shape index (κ1) is 17.0. The van der Waals surface area contributed by atoms with E-state index in [2.05, 4.69) is 0 Å². The summed E-state index contributed by atoms with van der Waals surface area (Å²) in [6.07, 6.45) is 0.764. The summed E-state index contributed by atoms with van der Waals surface area (Å²) in [7, 11) is 0. The van der Waals surface area contributed by atoms with E-state index in [-0.39, 0.29) is 36.3 Å². The fourth-order valence-electron chi connectivity index (χ4n) is 0. The Morgan fingerprint density at radius 2 is 1.40 bits per heavy atom. The molecular formula is C7H16MgO2. The summed E-state index contributed by atoms with van der Waals surface area (Å²) in [6.45, 7) is 5.81. The van der Waals surface area contributed by atoms with Crippen LogP contribution in [0.5, 0.6) is 0 Å². The van der Waals surface area contributed by atoms with Gasteiger partial charge in [0.15, 0.2) is 0 Å². The largest absolute Gasteiger partial charge is 2.00 e. The number of rotatable bonds is 2. The Morgan fingerprint density at radius 3 is 1.40 bits per heavy atom. The first-order chi connectivity index (χ1) is 4.18. The summed E-state index contributed by atoms with van der Waals surface area (Å²) in [5, 5.41) is 18.9. The summed E-state index contributed by atoms with van der Waals surface area (Å²) in [5.74, 6) is 0.329. The van der Waals surface area contributed by atoms with Gasteiger partial charge in [-0.1, -0.05) is 33.1 Å². The van der Waals surface area contributed by atoms with Crippen molar-refractivity contribution in [2.45, 2.75) is 27.2 Å². The van der Waals surface area contributed by atoms with Gasteiger partial charge in [-0.2, -0.15) is 0 Å². The van der Waals surface area contributed by atoms with Gasteiger partial charge in [-0.25, -0.2) is 0 Å². The summed E-state index contributed by atoms with van der Waals surface area (Å²) in [6, 6.07) is 0. The zero-order valence-electron chi connectivity index (χ0n) is 7.22. The smallest absolute Gasteiger partial charge is 0.854 e. The molecule has 0 saturated carbocycles. The molecule has 2 nitrogen and oxygen atoms in total. The van der Waals surface area contributed by atoms with E-state index in [1.165, 1.54) is 0 Å². The Hall–Kier alpha value is 0.686. The van der Waals surface area contributed by atoms with Crippen LogP contribution in [0.4, 0.5) is 0 Å². The summed E-state index contributed by atoms with van der Waals surface area (Å²) < 4.78 is 0. The third kappa shape index (κ3) is 37.8. The average Bonchev–Trinajstić information content (AvgIpc) is 1.89. The van der Waals surface area contributed by atoms with Crippen molar-refractivity contribution in [3.8, 4) is 0 Å². The van der Waals surface area contributed by atoms with Crippen molar-refractivity contribution >= 4 is 23.1 Å². The molecule has 58 valence electrons. The van der Waals surface area contributed by atoms with Crippen LogP contribution in [-0.4, -0.2) is 36.3 Å². The molecule has 0 N–H and O–H groups in total. The molecule has 0 saturated heterocycles. The molecule has 0 unspecified atom stereocenters. The van der Waals surface area contributed by atoms with Crippen molar-refractivity contribution in [2.75, 3.05) is 13.2 Å². The van der Waals surface area contributed by atoms with Gasteiger partial charge in [0.05, 0.1) is 0 Å². The van der Waals surface area contributed by atoms with Crippen LogP contribution in [-0.2, 0) is 0 Å². The van der Waals surface area contributed by atoms with Crippen LogP contribution in [0.25, 0.3) is 0 Å². The molecule has 0 aromatic carbocycles. The second-order valence-electron chi connectivity index (χ2n) is 2.26. The molecule has 0 rings (SSSR count). The van der Waals surface area contributed by atoms with E-state index in [9.17, 15) is 10.2 Å². The van der Waals surface area contributed by atoms with Crippen LogP contribution in [0.2, 0.25) is 0 Å². The SMILES string of the molecule is CC(C)C[O-].CCC[O-].[Mg+2]. The van der Waals surface area contributed by atoms with Crippen molar-refractivity contribution in [1.82, 2.24) is 0 Å². The standard InChI is InChI=1S/C4H9O.C3H7O.Mg/c1-4(2)3-5;1-2-3-4;/h4H,3H2,1-2H3;2-3H2,1H3;/q2*-1;+2. The fraction of sp³-hybridized carbons (Fsp3) is 1.00. The molecule has 0 aromatic rings. The fourth-order valence-corrected chi connectivity index (χ4v) is 0. The van der Waals surface area contributed by atoms with E-state index >= 15 is 0 Å². The van der Waals surface area contributed by atoms with Gasteiger partial charge in [-0.05, 0) is 0 Å². The molecule has 0 aliphatic rings. The normalized spacial score (nSPS) is 7.80. The molecular weight excluding hydrogens is 140 g/mol. The van der Waals surface area contributed by atoms with Crippen LogP contribution in [0.3, 0.4) is 0 Å². The molecule has 0 bridgehead atoms. The third-order valence-electron chi connectivity index (χ3n) is 0.537. The first-order valence-electron chi connectivity index (χ1n) is 3.35. The minimum Gasteiger partial charge on any atom is -0.854 e. The molecule has 0 aliphatic carbocycles. The molecule has 0 atom stereocenters. The van der Waals surface area contributed by atoms with Crippen molar-refractivity contribution in [3.05, 3.63) is 0 Å². The van der Waals surface area contributed by atoms with Gasteiger partial charge in [-0.3, -0.25) is 0 Å². The van der Waals surface area contributed by atoms with Gasteiger partial charge in [0.25, 0.3) is 0 Å². The summed E-state index contributed by atoms with van der Waals surface area (Å²) >= 11 is 0. The monoisotopic (exact) mass is 156 g/mol. The second kappa shape index (κ2) is 16.3. The average molecular weight is 157 g/mol. The van der Waals surface area contributed by atoms with Gasteiger partial charge in [0.1, 0.15) is 0 Å². The van der Waals surface area contributed by atoms with Gasteiger partial charge in [0.2, 0.25) is 0 Å². The van der Waals surface area contributed by atoms with Crippen LogP contribution < -0.4 is 10.2 Å². The maximum atomic E-state index is 9.63. The van der Waals surface area contributed by atoms with Gasteiger partial charge in [0, 0.05) is 0 Å². The first-order valence-corrected chi connectivity index (χ1v) is 3.35. The van der Waals surface area contributed by atoms with Gasteiger partial charge >= 0.3 is 23.1 Å². The molecule has 0 radical (unpaired) electrons. The van der Waals surface area contributed by atoms with Gasteiger partial charge in [-0.15, -0.1) is 13.2 Å². The minimum absolute atomic E-state index is 0. The van der Waals surface area contributed by atoms with E-state index in [4.69, 9.17) is 0 Å². The maximum absolute atomic E-state index is 9.63. The molecule has 10 heavy (non-hydrogen) atoms. The molecule has 0 spiro atoms. The maximum Gasteiger partial charge on any atom is 2.00 e. The van der Waals surface area contributed by atoms with Crippen LogP contribution in [0.1, 0.15) is 27.2 Å². The zero-order valence-corrected chi connectivity index (χ0v) is 8.64. The quantitative estimate of drug-likeness (QED) is 0.500. The van der Waals surface area contributed by atoms with Crippen molar-refractivity contribution in [3.63, 3.8) is 0 Å². The molecule has 0 aliphatic heterocycles. The molecule has 0 fully saturated rings. The summed E-state index contributed by atoms with van der Waals surface area (Å²) in [4.78, 5) is 0. The van der Waals surface area contributed by atoms with E-state index in [0.29, 0.717) is 5.92 Å². The molecule has 0 heterocycles. The minimum atomic E-state index is 0. The Balaban J connectivity index is -0.0000000910. The van der Waals surface area contributed by atoms with Gasteiger partial charge < -0.3 is 10.2 Å². The Labute approximate surface area is 79.8 Å². The van der Waals surface area contributed by atoms with Crippen LogP contribution in [0.15, 0.2) is 0 Å². The Morgan fingerprint density at radius 1 is 1.20 bits per heavy atom. The van der Waals surface area contributed by atoms with Crippen LogP contribution in [0, 0.1) is 5.92 Å². The second-order valence-corrected chi connectivity index (χ2v) is 2.26. The molecule has 3 heteroatoms. The predicted molar refractivity (Wildman–Crippen MR) is 40.6 cm³/mol. The van der Waals surface area contributed by atoms with Crippen molar-refractivity contribution in [2.24, 2.45) is 5.92 Å². The summed E-state index contributed by atoms with van der Waals surface area (Å²) in [5.41, 5.74) is 0. The molecule has 0 aromatic heterocycles. The van der Waals surface area contributed by atoms with Crippen molar-refractivity contribution in [1.29, 1.82) is 0 Å². The number of hydrogen-bond acceptors (Lipinski definition) is 2. The van der Waals surface area contributed by atoms with Crippen LogP contribution >= 0.6 is 0 Å². The van der Waals surface area contributed by atoms with E-state index in [0.717, 1.165) is 6.42 Å². The number of hydrogen-bond donors (Lipinski definition) is 0. The predicted octanol–water partition coefficient (Wildman–Crippen LogP) is -0.621. The van der Waals surface area contributed by atoms with E-state index in [1.807, 2.05) is 20.8 Å². The Kier molecular flexibility index (Phi) is 27.7. The molecule has 0 amide bonds. The van der Waals surface area contributed by atoms with E-state index in [1.54, 1.807) is 0 Å². The zero-order chi connectivity index (χ0) is 7.70. The van der Waals surface area contributed by atoms with E-state index < -0.39 is 0 Å². The topological polar surface area (TPSA) is 46.1 Å².